The van der Waals surface area contributed by atoms with E-state index in [-0.39, 0.29) is 23.3 Å². The third-order valence-electron chi connectivity index (χ3n) is 4.24. The van der Waals surface area contributed by atoms with E-state index in [9.17, 15) is 22.0 Å². The van der Waals surface area contributed by atoms with E-state index in [0.29, 0.717) is 22.8 Å². The van der Waals surface area contributed by atoms with Crippen LogP contribution >= 0.6 is 0 Å². The Morgan fingerprint density at radius 1 is 1.15 bits per heavy atom. The molecule has 3 rings (SSSR count). The van der Waals surface area contributed by atoms with Crippen LogP contribution in [-0.4, -0.2) is 27.2 Å². The van der Waals surface area contributed by atoms with Gasteiger partial charge in [0.05, 0.1) is 17.2 Å². The van der Waals surface area contributed by atoms with Gasteiger partial charge in [0.25, 0.3) is 0 Å². The number of aryl methyl sites for hydroxylation is 1. The number of hydrogen-bond donors (Lipinski definition) is 0. The van der Waals surface area contributed by atoms with E-state index >= 15 is 0 Å². The first kappa shape index (κ1) is 18.7. The van der Waals surface area contributed by atoms with Crippen molar-refractivity contribution in [3.8, 4) is 6.07 Å². The van der Waals surface area contributed by atoms with E-state index in [1.54, 1.807) is 13.0 Å². The summed E-state index contributed by atoms with van der Waals surface area (Å²) in [6.45, 7) is 1.41. The SMILES string of the molecule is Cc1cc(C2=C(c3cc(F)c(S(C)(=O)=O)cc3F)COC2=O)ccc1C#N. The standard InChI is InChI=1S/C19H13F2NO4S/c1-10-5-11(3-4-12(10)8-22)18-14(9-26-19(18)23)13-6-16(21)17(7-15(13)20)27(2,24)25/h3-7H,9H2,1-2H3. The molecule has 2 aromatic rings. The van der Waals surface area contributed by atoms with Gasteiger partial charge in [-0.25, -0.2) is 22.0 Å². The summed E-state index contributed by atoms with van der Waals surface area (Å²) < 4.78 is 56.9. The van der Waals surface area contributed by atoms with E-state index < -0.39 is 32.3 Å². The topological polar surface area (TPSA) is 84.2 Å². The van der Waals surface area contributed by atoms with Crippen molar-refractivity contribution in [1.29, 1.82) is 5.26 Å². The van der Waals surface area contributed by atoms with Crippen LogP contribution < -0.4 is 0 Å². The molecule has 1 aliphatic heterocycles. The number of ether oxygens (including phenoxy) is 1. The van der Waals surface area contributed by atoms with Crippen molar-refractivity contribution in [3.05, 3.63) is 64.2 Å². The predicted molar refractivity (Wildman–Crippen MR) is 93.1 cm³/mol. The zero-order chi connectivity index (χ0) is 19.9. The fourth-order valence-electron chi connectivity index (χ4n) is 2.90. The first-order valence-electron chi connectivity index (χ1n) is 7.74. The maximum atomic E-state index is 14.6. The summed E-state index contributed by atoms with van der Waals surface area (Å²) in [7, 11) is -3.95. The lowest BCUT2D eigenvalue weighted by Crippen LogP contribution is -2.05. The van der Waals surface area contributed by atoms with Crippen molar-refractivity contribution in [1.82, 2.24) is 0 Å². The van der Waals surface area contributed by atoms with E-state index in [0.717, 1.165) is 12.3 Å². The minimum atomic E-state index is -3.95. The molecule has 0 aliphatic carbocycles. The summed E-state index contributed by atoms with van der Waals surface area (Å²) in [5, 5.41) is 9.02. The lowest BCUT2D eigenvalue weighted by atomic mass is 9.94. The van der Waals surface area contributed by atoms with Crippen LogP contribution in [0.2, 0.25) is 0 Å². The summed E-state index contributed by atoms with van der Waals surface area (Å²) in [6, 6.07) is 7.97. The van der Waals surface area contributed by atoms with E-state index in [1.807, 2.05) is 6.07 Å². The Kier molecular flexibility index (Phi) is 4.57. The molecule has 0 spiro atoms. The van der Waals surface area contributed by atoms with Crippen LogP contribution in [0.3, 0.4) is 0 Å². The van der Waals surface area contributed by atoms with Crippen LogP contribution in [0.1, 0.15) is 22.3 Å². The summed E-state index contributed by atoms with van der Waals surface area (Å²) >= 11 is 0. The van der Waals surface area contributed by atoms with Crippen molar-refractivity contribution in [3.63, 3.8) is 0 Å². The van der Waals surface area contributed by atoms with E-state index in [1.165, 1.54) is 12.1 Å². The number of sulfone groups is 1. The number of nitrogens with zero attached hydrogens (tertiary/aromatic N) is 1. The van der Waals surface area contributed by atoms with Gasteiger partial charge in [-0.2, -0.15) is 5.26 Å². The summed E-state index contributed by atoms with van der Waals surface area (Å²) in [4.78, 5) is 11.4. The first-order valence-corrected chi connectivity index (χ1v) is 9.63. The number of benzene rings is 2. The molecule has 0 radical (unpaired) electrons. The van der Waals surface area contributed by atoms with Crippen molar-refractivity contribution >= 4 is 27.0 Å². The number of halogens is 2. The highest BCUT2D eigenvalue weighted by molar-refractivity contribution is 7.90. The van der Waals surface area contributed by atoms with Crippen LogP contribution in [0.25, 0.3) is 11.1 Å². The molecule has 138 valence electrons. The van der Waals surface area contributed by atoms with Crippen LogP contribution in [0.4, 0.5) is 8.78 Å². The lowest BCUT2D eigenvalue weighted by molar-refractivity contribution is -0.133. The smallest absolute Gasteiger partial charge is 0.339 e. The monoisotopic (exact) mass is 389 g/mol. The van der Waals surface area contributed by atoms with Gasteiger partial charge in [-0.3, -0.25) is 0 Å². The maximum Gasteiger partial charge on any atom is 0.339 e. The molecular formula is C19H13F2NO4S. The molecule has 0 bridgehead atoms. The maximum absolute atomic E-state index is 14.6. The van der Waals surface area contributed by atoms with Gasteiger partial charge in [-0.05, 0) is 42.3 Å². The normalized spacial score (nSPS) is 14.3. The van der Waals surface area contributed by atoms with Gasteiger partial charge in [0.1, 0.15) is 23.1 Å². The lowest BCUT2D eigenvalue weighted by Gasteiger charge is -2.09. The summed E-state index contributed by atoms with van der Waals surface area (Å²) in [6.07, 6.45) is 0.775. The van der Waals surface area contributed by atoms with Gasteiger partial charge in [-0.15, -0.1) is 0 Å². The van der Waals surface area contributed by atoms with Gasteiger partial charge in [-0.1, -0.05) is 6.07 Å². The Labute approximate surface area is 154 Å². The molecule has 1 aliphatic rings. The zero-order valence-electron chi connectivity index (χ0n) is 14.3. The molecule has 0 fully saturated rings. The van der Waals surface area contributed by atoms with Gasteiger partial charge in [0.15, 0.2) is 9.84 Å². The Morgan fingerprint density at radius 2 is 1.85 bits per heavy atom. The molecule has 27 heavy (non-hydrogen) atoms. The molecule has 0 unspecified atom stereocenters. The first-order chi connectivity index (χ1) is 12.6. The van der Waals surface area contributed by atoms with Crippen molar-refractivity contribution in [2.45, 2.75) is 11.8 Å². The van der Waals surface area contributed by atoms with Crippen molar-refractivity contribution < 1.29 is 26.7 Å². The number of carbonyl (C=O) groups excluding carboxylic acids is 1. The second kappa shape index (κ2) is 6.59. The van der Waals surface area contributed by atoms with E-state index in [4.69, 9.17) is 10.00 Å². The second-order valence-corrected chi connectivity index (χ2v) is 8.09. The molecule has 2 aromatic carbocycles. The van der Waals surface area contributed by atoms with Crippen molar-refractivity contribution in [2.24, 2.45) is 0 Å². The minimum absolute atomic E-state index is 0.0491. The quantitative estimate of drug-likeness (QED) is 0.754. The third-order valence-corrected chi connectivity index (χ3v) is 5.35. The van der Waals surface area contributed by atoms with Crippen LogP contribution in [0, 0.1) is 29.9 Å². The Hall–Kier alpha value is -3.05. The average Bonchev–Trinajstić information content (AvgIpc) is 2.97. The molecule has 0 amide bonds. The number of nitriles is 1. The Bertz CT molecular complexity index is 1160. The third kappa shape index (κ3) is 3.34. The summed E-state index contributed by atoms with van der Waals surface area (Å²) in [5.41, 5.74) is 1.34. The Morgan fingerprint density at radius 3 is 2.44 bits per heavy atom. The molecule has 0 saturated carbocycles. The molecule has 8 heteroatoms. The fraction of sp³-hybridized carbons (Fsp3) is 0.158. The van der Waals surface area contributed by atoms with E-state index in [2.05, 4.69) is 0 Å². The molecule has 1 heterocycles. The molecule has 0 aromatic heterocycles. The van der Waals surface area contributed by atoms with Crippen LogP contribution in [0.5, 0.6) is 0 Å². The number of esters is 1. The molecular weight excluding hydrogens is 376 g/mol. The van der Waals surface area contributed by atoms with Gasteiger partial charge in [0.2, 0.25) is 0 Å². The average molecular weight is 389 g/mol. The number of cyclic esters (lactones) is 1. The number of carbonyl (C=O) groups is 1. The van der Waals surface area contributed by atoms with Crippen molar-refractivity contribution in [2.75, 3.05) is 12.9 Å². The largest absolute Gasteiger partial charge is 0.457 e. The van der Waals surface area contributed by atoms with Crippen LogP contribution in [0.15, 0.2) is 35.2 Å². The highest BCUT2D eigenvalue weighted by Crippen LogP contribution is 2.36. The summed E-state index contributed by atoms with van der Waals surface area (Å²) in [5.74, 6) is -2.80. The van der Waals surface area contributed by atoms with Gasteiger partial charge in [0, 0.05) is 17.4 Å². The number of rotatable bonds is 3. The molecule has 0 N–H and O–H groups in total. The highest BCUT2D eigenvalue weighted by atomic mass is 32.2. The fourth-order valence-corrected chi connectivity index (χ4v) is 3.63. The number of hydrogen-bond acceptors (Lipinski definition) is 5. The molecule has 0 saturated heterocycles. The zero-order valence-corrected chi connectivity index (χ0v) is 15.2. The Balaban J connectivity index is 2.23. The van der Waals surface area contributed by atoms with Crippen LogP contribution in [-0.2, 0) is 19.4 Å². The highest BCUT2D eigenvalue weighted by Gasteiger charge is 2.30. The minimum Gasteiger partial charge on any atom is -0.457 e. The van der Waals surface area contributed by atoms with Gasteiger partial charge >= 0.3 is 5.97 Å². The van der Waals surface area contributed by atoms with Gasteiger partial charge < -0.3 is 4.74 Å². The predicted octanol–water partition coefficient (Wildman–Crippen LogP) is 3.02. The molecule has 0 atom stereocenters. The second-order valence-electron chi connectivity index (χ2n) is 6.11. The molecule has 5 nitrogen and oxygen atoms in total.